The predicted octanol–water partition coefficient (Wildman–Crippen LogP) is 5.93. The number of ether oxygens (including phenoxy) is 2. The molecule has 0 aliphatic heterocycles. The number of hydrogen-bond acceptors (Lipinski definition) is 5. The molecule has 1 saturated carbocycles. The first kappa shape index (κ1) is 26.3. The number of aromatic nitrogens is 2. The molecule has 1 aliphatic rings. The van der Waals surface area contributed by atoms with E-state index in [0.717, 1.165) is 23.5 Å². The minimum Gasteiger partial charge on any atom is -0.435 e. The van der Waals surface area contributed by atoms with Crippen molar-refractivity contribution in [1.29, 1.82) is 0 Å². The van der Waals surface area contributed by atoms with Gasteiger partial charge >= 0.3 is 0 Å². The number of para-hydroxylation sites is 2. The molecule has 194 valence electrons. The lowest BCUT2D eigenvalue weighted by molar-refractivity contribution is -0.0102. The fraction of sp³-hybridized carbons (Fsp3) is 0.483. The van der Waals surface area contributed by atoms with Crippen LogP contribution in [0.25, 0.3) is 5.69 Å². The van der Waals surface area contributed by atoms with Crippen LogP contribution in [0.15, 0.2) is 54.6 Å². The summed E-state index contributed by atoms with van der Waals surface area (Å²) < 4.78 is 28.4. The van der Waals surface area contributed by atoms with E-state index in [-0.39, 0.29) is 24.4 Å². The molecule has 1 atom stereocenters. The second kappa shape index (κ2) is 12.0. The highest BCUT2D eigenvalue weighted by Gasteiger charge is 2.30. The van der Waals surface area contributed by atoms with E-state index in [2.05, 4.69) is 18.7 Å². The van der Waals surface area contributed by atoms with Crippen molar-refractivity contribution in [3.8, 4) is 17.3 Å². The Kier molecular flexibility index (Phi) is 8.77. The molecule has 36 heavy (non-hydrogen) atoms. The van der Waals surface area contributed by atoms with Crippen LogP contribution in [0.4, 0.5) is 4.39 Å². The topological polar surface area (TPSA) is 59.8 Å². The first-order valence-electron chi connectivity index (χ1n) is 12.9. The highest BCUT2D eigenvalue weighted by atomic mass is 19.1. The van der Waals surface area contributed by atoms with Crippen LogP contribution in [0.2, 0.25) is 0 Å². The van der Waals surface area contributed by atoms with Crippen LogP contribution in [0.1, 0.15) is 57.7 Å². The van der Waals surface area contributed by atoms with Crippen molar-refractivity contribution >= 4 is 0 Å². The minimum absolute atomic E-state index is 0.0638. The lowest BCUT2D eigenvalue weighted by Gasteiger charge is -2.26. The predicted molar refractivity (Wildman–Crippen MR) is 139 cm³/mol. The summed E-state index contributed by atoms with van der Waals surface area (Å²) in [6.07, 6.45) is 1.87. The zero-order valence-electron chi connectivity index (χ0n) is 21.7. The van der Waals surface area contributed by atoms with Crippen molar-refractivity contribution in [2.24, 2.45) is 5.92 Å². The summed E-state index contributed by atoms with van der Waals surface area (Å²) in [5, 5.41) is 15.7. The van der Waals surface area contributed by atoms with E-state index in [4.69, 9.17) is 14.6 Å². The first-order valence-corrected chi connectivity index (χ1v) is 12.9. The third kappa shape index (κ3) is 6.93. The fourth-order valence-electron chi connectivity index (χ4n) is 4.29. The molecule has 0 amide bonds. The molecular formula is C29H38FN3O3. The maximum atomic E-state index is 14.7. The van der Waals surface area contributed by atoms with Crippen molar-refractivity contribution in [1.82, 2.24) is 14.7 Å². The van der Waals surface area contributed by atoms with E-state index >= 15 is 0 Å². The van der Waals surface area contributed by atoms with Crippen LogP contribution in [0.5, 0.6) is 11.6 Å². The molecule has 1 aliphatic carbocycles. The average Bonchev–Trinajstić information content (AvgIpc) is 3.60. The maximum absolute atomic E-state index is 14.7. The molecule has 7 heteroatoms. The molecule has 1 unspecified atom stereocenters. The summed E-state index contributed by atoms with van der Waals surface area (Å²) >= 11 is 0. The monoisotopic (exact) mass is 495 g/mol. The SMILES string of the molecule is CC(C)OCC(O)CN(Cc1c(C(C)C)nn(-c2ccccc2)c1Oc1ccccc1F)CC1CC1. The van der Waals surface area contributed by atoms with Crippen molar-refractivity contribution in [3.05, 3.63) is 71.7 Å². The van der Waals surface area contributed by atoms with Gasteiger partial charge in [-0.05, 0) is 62.8 Å². The van der Waals surface area contributed by atoms with Gasteiger partial charge < -0.3 is 14.6 Å². The van der Waals surface area contributed by atoms with E-state index in [9.17, 15) is 9.50 Å². The fourth-order valence-corrected chi connectivity index (χ4v) is 4.29. The number of aliphatic hydroxyl groups is 1. The summed E-state index contributed by atoms with van der Waals surface area (Å²) in [5.74, 6) is 0.996. The largest absolute Gasteiger partial charge is 0.435 e. The summed E-state index contributed by atoms with van der Waals surface area (Å²) in [6.45, 7) is 10.3. The van der Waals surface area contributed by atoms with Crippen molar-refractivity contribution in [2.45, 2.75) is 65.2 Å². The number of aliphatic hydroxyl groups excluding tert-OH is 1. The standard InChI is InChI=1S/C29H38FN3O3/c1-20(2)28-25(18-32(16-22-14-15-22)17-24(34)19-35-21(3)4)29(36-27-13-9-8-12-26(27)30)33(31-28)23-10-6-5-7-11-23/h5-13,20-22,24,34H,14-19H2,1-4H3. The second-order valence-electron chi connectivity index (χ2n) is 10.3. The molecule has 0 saturated heterocycles. The van der Waals surface area contributed by atoms with Crippen LogP contribution in [-0.2, 0) is 11.3 Å². The molecular weight excluding hydrogens is 457 g/mol. The molecule has 0 spiro atoms. The lowest BCUT2D eigenvalue weighted by Crippen LogP contribution is -2.36. The Hall–Kier alpha value is -2.74. The van der Waals surface area contributed by atoms with Gasteiger partial charge in [0.25, 0.3) is 0 Å². The van der Waals surface area contributed by atoms with E-state index in [1.54, 1.807) is 22.9 Å². The van der Waals surface area contributed by atoms with Gasteiger partial charge in [-0.15, -0.1) is 0 Å². The van der Waals surface area contributed by atoms with Crippen LogP contribution >= 0.6 is 0 Å². The van der Waals surface area contributed by atoms with Crippen molar-refractivity contribution in [2.75, 3.05) is 19.7 Å². The van der Waals surface area contributed by atoms with E-state index in [0.29, 0.717) is 24.9 Å². The molecule has 1 N–H and O–H groups in total. The number of hydrogen-bond donors (Lipinski definition) is 1. The number of halogens is 1. The Labute approximate surface area is 213 Å². The quantitative estimate of drug-likeness (QED) is 0.319. The maximum Gasteiger partial charge on any atom is 0.227 e. The van der Waals surface area contributed by atoms with Gasteiger partial charge in [0.2, 0.25) is 5.88 Å². The van der Waals surface area contributed by atoms with Gasteiger partial charge in [-0.1, -0.05) is 44.2 Å². The Bertz CT molecular complexity index is 1110. The molecule has 6 nitrogen and oxygen atoms in total. The summed E-state index contributed by atoms with van der Waals surface area (Å²) in [6, 6.07) is 16.2. The summed E-state index contributed by atoms with van der Waals surface area (Å²) in [4.78, 5) is 2.26. The average molecular weight is 496 g/mol. The zero-order valence-corrected chi connectivity index (χ0v) is 21.7. The van der Waals surface area contributed by atoms with Crippen molar-refractivity contribution < 1.29 is 19.0 Å². The molecule has 1 aromatic heterocycles. The molecule has 4 rings (SSSR count). The Morgan fingerprint density at radius 1 is 1.06 bits per heavy atom. The van der Waals surface area contributed by atoms with E-state index in [1.165, 1.54) is 18.9 Å². The Morgan fingerprint density at radius 3 is 2.39 bits per heavy atom. The van der Waals surface area contributed by atoms with Crippen LogP contribution in [0, 0.1) is 11.7 Å². The molecule has 0 radical (unpaired) electrons. The van der Waals surface area contributed by atoms with Gasteiger partial charge in [-0.2, -0.15) is 5.10 Å². The second-order valence-corrected chi connectivity index (χ2v) is 10.3. The third-order valence-electron chi connectivity index (χ3n) is 6.24. The molecule has 1 fully saturated rings. The molecule has 0 bridgehead atoms. The van der Waals surface area contributed by atoms with Gasteiger partial charge in [0, 0.05) is 19.6 Å². The number of benzene rings is 2. The van der Waals surface area contributed by atoms with E-state index < -0.39 is 11.9 Å². The van der Waals surface area contributed by atoms with Gasteiger partial charge in [0.15, 0.2) is 11.6 Å². The first-order chi connectivity index (χ1) is 17.3. The smallest absolute Gasteiger partial charge is 0.227 e. The highest BCUT2D eigenvalue weighted by Crippen LogP contribution is 2.37. The molecule has 1 heterocycles. The molecule has 2 aromatic carbocycles. The minimum atomic E-state index is -0.603. The lowest BCUT2D eigenvalue weighted by atomic mass is 10.1. The Balaban J connectivity index is 1.72. The van der Waals surface area contributed by atoms with Gasteiger partial charge in [0.05, 0.1) is 35.8 Å². The van der Waals surface area contributed by atoms with Gasteiger partial charge in [0.1, 0.15) is 0 Å². The van der Waals surface area contributed by atoms with Crippen LogP contribution in [-0.4, -0.2) is 51.7 Å². The third-order valence-corrected chi connectivity index (χ3v) is 6.24. The van der Waals surface area contributed by atoms with Crippen molar-refractivity contribution in [3.63, 3.8) is 0 Å². The summed E-state index contributed by atoms with van der Waals surface area (Å²) in [7, 11) is 0. The zero-order chi connectivity index (χ0) is 25.7. The Morgan fingerprint density at radius 2 is 1.75 bits per heavy atom. The normalized spacial score (nSPS) is 14.7. The molecule has 3 aromatic rings. The number of rotatable bonds is 13. The number of nitrogens with zero attached hydrogens (tertiary/aromatic N) is 3. The highest BCUT2D eigenvalue weighted by molar-refractivity contribution is 5.44. The van der Waals surface area contributed by atoms with Gasteiger partial charge in [-0.25, -0.2) is 9.07 Å². The van der Waals surface area contributed by atoms with Crippen LogP contribution < -0.4 is 4.74 Å². The summed E-state index contributed by atoms with van der Waals surface area (Å²) in [5.41, 5.74) is 2.66. The van der Waals surface area contributed by atoms with Crippen LogP contribution in [0.3, 0.4) is 0 Å². The van der Waals surface area contributed by atoms with Gasteiger partial charge in [-0.3, -0.25) is 4.90 Å². The van der Waals surface area contributed by atoms with E-state index in [1.807, 2.05) is 44.2 Å².